The number of hydrogen-bond donors (Lipinski definition) is 2. The van der Waals surface area contributed by atoms with Crippen LogP contribution in [0, 0.1) is 0 Å². The zero-order valence-corrected chi connectivity index (χ0v) is 14.7. The van der Waals surface area contributed by atoms with E-state index in [4.69, 9.17) is 4.74 Å². The minimum absolute atomic E-state index is 0.0687. The Kier molecular flexibility index (Phi) is 5.69. The molecule has 2 N–H and O–H groups in total. The number of benzene rings is 2. The van der Waals surface area contributed by atoms with Gasteiger partial charge < -0.3 is 15.4 Å². The molecule has 0 unspecified atom stereocenters. The average molecular weight is 350 g/mol. The summed E-state index contributed by atoms with van der Waals surface area (Å²) in [5.74, 6) is 0.509. The van der Waals surface area contributed by atoms with Gasteiger partial charge in [0.1, 0.15) is 5.75 Å². The maximum Gasteiger partial charge on any atom is 0.251 e. The second-order valence-corrected chi connectivity index (χ2v) is 6.15. The molecule has 0 atom stereocenters. The van der Waals surface area contributed by atoms with E-state index in [-0.39, 0.29) is 11.8 Å². The lowest BCUT2D eigenvalue weighted by atomic mass is 10.2. The second kappa shape index (κ2) is 8.34. The van der Waals surface area contributed by atoms with Crippen molar-refractivity contribution in [2.75, 3.05) is 11.9 Å². The van der Waals surface area contributed by atoms with Crippen LogP contribution in [0.5, 0.6) is 5.75 Å². The van der Waals surface area contributed by atoms with Crippen LogP contribution < -0.4 is 15.4 Å². The normalized spacial score (nSPS) is 13.4. The Morgan fingerprint density at radius 2 is 1.77 bits per heavy atom. The van der Waals surface area contributed by atoms with Crippen molar-refractivity contribution in [3.63, 3.8) is 0 Å². The van der Waals surface area contributed by atoms with Crippen LogP contribution in [0.4, 0.5) is 5.69 Å². The quantitative estimate of drug-likeness (QED) is 0.749. The topological polar surface area (TPSA) is 67.4 Å². The summed E-state index contributed by atoms with van der Waals surface area (Å²) < 4.78 is 5.38. The summed E-state index contributed by atoms with van der Waals surface area (Å²) in [6, 6.07) is 14.7. The Morgan fingerprint density at radius 1 is 1.08 bits per heavy atom. The molecule has 0 heterocycles. The first-order valence-electron chi connectivity index (χ1n) is 8.77. The molecule has 0 radical (unpaired) electrons. The van der Waals surface area contributed by atoms with E-state index in [0.717, 1.165) is 24.2 Å². The summed E-state index contributed by atoms with van der Waals surface area (Å²) in [6.07, 6.45) is 5.33. The molecule has 1 aliphatic carbocycles. The Hall–Kier alpha value is -3.08. The molecule has 0 bridgehead atoms. The van der Waals surface area contributed by atoms with Crippen molar-refractivity contribution in [3.05, 3.63) is 65.7 Å². The number of hydrogen-bond acceptors (Lipinski definition) is 3. The molecule has 5 nitrogen and oxygen atoms in total. The molecular formula is C21H22N2O3. The molecule has 5 heteroatoms. The maximum atomic E-state index is 12.0. The van der Waals surface area contributed by atoms with Gasteiger partial charge in [-0.25, -0.2) is 0 Å². The molecule has 2 aromatic rings. The van der Waals surface area contributed by atoms with Crippen LogP contribution in [-0.2, 0) is 4.79 Å². The third-order valence-electron chi connectivity index (χ3n) is 3.95. The predicted octanol–water partition coefficient (Wildman–Crippen LogP) is 3.63. The van der Waals surface area contributed by atoms with E-state index in [9.17, 15) is 9.59 Å². The van der Waals surface area contributed by atoms with Crippen LogP contribution in [-0.4, -0.2) is 24.5 Å². The van der Waals surface area contributed by atoms with Crippen LogP contribution >= 0.6 is 0 Å². The highest BCUT2D eigenvalue weighted by atomic mass is 16.5. The van der Waals surface area contributed by atoms with E-state index in [1.165, 1.54) is 6.08 Å². The SMILES string of the molecule is CCOc1ccc(/C=C/C(=O)Nc2ccc(C(=O)NC3CC3)cc2)cc1. The summed E-state index contributed by atoms with van der Waals surface area (Å²) >= 11 is 0. The standard InChI is InChI=1S/C21H22N2O3/c1-2-26-19-12-3-15(4-13-19)5-14-20(24)22-17-8-6-16(7-9-17)21(25)23-18-10-11-18/h3-9,12-14,18H,2,10-11H2,1H3,(H,22,24)(H,23,25)/b14-5+. The molecule has 2 amide bonds. The van der Waals surface area contributed by atoms with Crippen LogP contribution in [0.25, 0.3) is 6.08 Å². The number of rotatable bonds is 7. The second-order valence-electron chi connectivity index (χ2n) is 6.15. The van der Waals surface area contributed by atoms with Crippen LogP contribution in [0.3, 0.4) is 0 Å². The van der Waals surface area contributed by atoms with Crippen molar-refractivity contribution in [3.8, 4) is 5.75 Å². The Bertz CT molecular complexity index is 791. The first kappa shape index (κ1) is 17.7. The third kappa shape index (κ3) is 5.21. The van der Waals surface area contributed by atoms with Crippen molar-refractivity contribution in [1.82, 2.24) is 5.32 Å². The fourth-order valence-electron chi connectivity index (χ4n) is 2.40. The molecule has 0 aliphatic heterocycles. The maximum absolute atomic E-state index is 12.0. The minimum Gasteiger partial charge on any atom is -0.494 e. The zero-order valence-electron chi connectivity index (χ0n) is 14.7. The van der Waals surface area contributed by atoms with Gasteiger partial charge in [-0.2, -0.15) is 0 Å². The number of anilines is 1. The van der Waals surface area contributed by atoms with Crippen molar-refractivity contribution in [2.24, 2.45) is 0 Å². The number of carbonyl (C=O) groups is 2. The van der Waals surface area contributed by atoms with Gasteiger partial charge in [-0.1, -0.05) is 12.1 Å². The third-order valence-corrected chi connectivity index (χ3v) is 3.95. The fraction of sp³-hybridized carbons (Fsp3) is 0.238. The summed E-state index contributed by atoms with van der Waals surface area (Å²) in [7, 11) is 0. The van der Waals surface area contributed by atoms with E-state index in [1.54, 1.807) is 30.3 Å². The Labute approximate surface area is 153 Å². The van der Waals surface area contributed by atoms with Gasteiger partial charge in [-0.05, 0) is 67.8 Å². The predicted molar refractivity (Wildman–Crippen MR) is 102 cm³/mol. The Balaban J connectivity index is 1.52. The summed E-state index contributed by atoms with van der Waals surface area (Å²) in [6.45, 7) is 2.56. The molecule has 2 aromatic carbocycles. The van der Waals surface area contributed by atoms with Crippen LogP contribution in [0.15, 0.2) is 54.6 Å². The van der Waals surface area contributed by atoms with Crippen LogP contribution in [0.2, 0.25) is 0 Å². The average Bonchev–Trinajstić information content (AvgIpc) is 3.46. The highest BCUT2D eigenvalue weighted by molar-refractivity contribution is 6.02. The van der Waals surface area contributed by atoms with Gasteiger partial charge in [0.15, 0.2) is 0 Å². The molecule has 3 rings (SSSR count). The number of carbonyl (C=O) groups excluding carboxylic acids is 2. The van der Waals surface area contributed by atoms with E-state index < -0.39 is 0 Å². The first-order valence-corrected chi connectivity index (χ1v) is 8.77. The fourth-order valence-corrected chi connectivity index (χ4v) is 2.40. The lowest BCUT2D eigenvalue weighted by Crippen LogP contribution is -2.25. The number of nitrogens with one attached hydrogen (secondary N) is 2. The van der Waals surface area contributed by atoms with E-state index in [1.807, 2.05) is 31.2 Å². The van der Waals surface area contributed by atoms with Gasteiger partial charge in [-0.15, -0.1) is 0 Å². The van der Waals surface area contributed by atoms with Crippen LogP contribution in [0.1, 0.15) is 35.7 Å². The summed E-state index contributed by atoms with van der Waals surface area (Å²) in [4.78, 5) is 24.0. The molecule has 26 heavy (non-hydrogen) atoms. The van der Waals surface area contributed by atoms with Gasteiger partial charge in [-0.3, -0.25) is 9.59 Å². The van der Waals surface area contributed by atoms with Crippen molar-refractivity contribution in [2.45, 2.75) is 25.8 Å². The monoisotopic (exact) mass is 350 g/mol. The van der Waals surface area contributed by atoms with Gasteiger partial charge in [0.05, 0.1) is 6.61 Å². The van der Waals surface area contributed by atoms with Gasteiger partial charge >= 0.3 is 0 Å². The lowest BCUT2D eigenvalue weighted by Gasteiger charge is -2.05. The van der Waals surface area contributed by atoms with E-state index in [0.29, 0.717) is 23.9 Å². The zero-order chi connectivity index (χ0) is 18.4. The first-order chi connectivity index (χ1) is 12.6. The lowest BCUT2D eigenvalue weighted by molar-refractivity contribution is -0.111. The highest BCUT2D eigenvalue weighted by Crippen LogP contribution is 2.19. The minimum atomic E-state index is -0.228. The van der Waals surface area contributed by atoms with E-state index in [2.05, 4.69) is 10.6 Å². The molecule has 0 spiro atoms. The molecule has 1 fully saturated rings. The van der Waals surface area contributed by atoms with Gasteiger partial charge in [0, 0.05) is 23.4 Å². The smallest absolute Gasteiger partial charge is 0.251 e. The summed E-state index contributed by atoms with van der Waals surface area (Å²) in [5.41, 5.74) is 2.16. The summed E-state index contributed by atoms with van der Waals surface area (Å²) in [5, 5.41) is 5.72. The van der Waals surface area contributed by atoms with Gasteiger partial charge in [0.25, 0.3) is 5.91 Å². The van der Waals surface area contributed by atoms with Crippen molar-refractivity contribution >= 4 is 23.6 Å². The van der Waals surface area contributed by atoms with Crippen molar-refractivity contribution < 1.29 is 14.3 Å². The molecule has 0 saturated heterocycles. The molecule has 1 aliphatic rings. The van der Waals surface area contributed by atoms with Crippen molar-refractivity contribution in [1.29, 1.82) is 0 Å². The number of amides is 2. The highest BCUT2D eigenvalue weighted by Gasteiger charge is 2.23. The Morgan fingerprint density at radius 3 is 2.38 bits per heavy atom. The molecule has 0 aromatic heterocycles. The largest absolute Gasteiger partial charge is 0.494 e. The van der Waals surface area contributed by atoms with E-state index >= 15 is 0 Å². The number of ether oxygens (including phenoxy) is 1. The molecule has 134 valence electrons. The molecule has 1 saturated carbocycles. The molecular weight excluding hydrogens is 328 g/mol. The van der Waals surface area contributed by atoms with Gasteiger partial charge in [0.2, 0.25) is 5.91 Å².